The SMILES string of the molecule is COc1cc2c(cc1OC)[C@H]1C(=N[C@@H](C)c3ccccc3)OCN1CC2. The van der Waals surface area contributed by atoms with Gasteiger partial charge in [-0.25, -0.2) is 4.99 Å². The molecule has 2 heterocycles. The van der Waals surface area contributed by atoms with Gasteiger partial charge in [0, 0.05) is 6.54 Å². The first-order valence-corrected chi connectivity index (χ1v) is 8.95. The number of methoxy groups -OCH3 is 2. The van der Waals surface area contributed by atoms with Gasteiger partial charge in [-0.2, -0.15) is 0 Å². The number of hydrogen-bond donors (Lipinski definition) is 0. The van der Waals surface area contributed by atoms with Gasteiger partial charge in [0.05, 0.1) is 20.3 Å². The van der Waals surface area contributed by atoms with Crippen molar-refractivity contribution in [2.75, 3.05) is 27.5 Å². The second-order valence-electron chi connectivity index (χ2n) is 6.70. The average Bonchev–Trinajstić information content (AvgIpc) is 3.10. The lowest BCUT2D eigenvalue weighted by Gasteiger charge is -2.30. The summed E-state index contributed by atoms with van der Waals surface area (Å²) in [4.78, 5) is 7.23. The zero-order valence-electron chi connectivity index (χ0n) is 15.4. The van der Waals surface area contributed by atoms with Gasteiger partial charge in [0.2, 0.25) is 5.90 Å². The number of benzene rings is 2. The van der Waals surface area contributed by atoms with Crippen molar-refractivity contribution >= 4 is 5.90 Å². The van der Waals surface area contributed by atoms with E-state index < -0.39 is 0 Å². The molecule has 0 amide bonds. The Bertz CT molecular complexity index is 820. The maximum absolute atomic E-state index is 5.98. The molecule has 0 bridgehead atoms. The van der Waals surface area contributed by atoms with E-state index in [1.807, 2.05) is 18.2 Å². The second-order valence-corrected chi connectivity index (χ2v) is 6.70. The standard InChI is InChI=1S/C21H24N2O3/c1-14(15-7-5-4-6-8-15)22-21-20-17-12-19(25-3)18(24-2)11-16(17)9-10-23(20)13-26-21/h4-8,11-12,14,20H,9-10,13H2,1-3H3/t14-,20-/m0/s1. The van der Waals surface area contributed by atoms with E-state index in [9.17, 15) is 0 Å². The van der Waals surface area contributed by atoms with Gasteiger partial charge in [0.25, 0.3) is 0 Å². The maximum atomic E-state index is 5.98. The quantitative estimate of drug-likeness (QED) is 0.840. The molecule has 0 aromatic heterocycles. The van der Waals surface area contributed by atoms with Crippen LogP contribution in [0.1, 0.15) is 35.7 Å². The Morgan fingerprint density at radius 3 is 2.58 bits per heavy atom. The summed E-state index contributed by atoms with van der Waals surface area (Å²) in [5, 5.41) is 0. The van der Waals surface area contributed by atoms with Crippen LogP contribution in [-0.4, -0.2) is 38.3 Å². The summed E-state index contributed by atoms with van der Waals surface area (Å²) in [7, 11) is 3.34. The summed E-state index contributed by atoms with van der Waals surface area (Å²) in [5.41, 5.74) is 3.66. The molecule has 4 rings (SSSR count). The normalized spacial score (nSPS) is 21.7. The van der Waals surface area contributed by atoms with Crippen LogP contribution in [0.5, 0.6) is 11.5 Å². The summed E-state index contributed by atoms with van der Waals surface area (Å²) >= 11 is 0. The van der Waals surface area contributed by atoms with Crippen LogP contribution < -0.4 is 9.47 Å². The van der Waals surface area contributed by atoms with Crippen molar-refractivity contribution in [1.29, 1.82) is 0 Å². The van der Waals surface area contributed by atoms with Gasteiger partial charge in [-0.15, -0.1) is 0 Å². The van der Waals surface area contributed by atoms with Gasteiger partial charge in [-0.3, -0.25) is 4.90 Å². The predicted molar refractivity (Wildman–Crippen MR) is 101 cm³/mol. The molecular formula is C21H24N2O3. The van der Waals surface area contributed by atoms with E-state index in [0.717, 1.165) is 30.4 Å². The fourth-order valence-electron chi connectivity index (χ4n) is 3.76. The molecule has 0 aliphatic carbocycles. The average molecular weight is 352 g/mol. The first-order chi connectivity index (χ1) is 12.7. The first kappa shape index (κ1) is 16.9. The van der Waals surface area contributed by atoms with E-state index >= 15 is 0 Å². The molecule has 2 aliphatic rings. The van der Waals surface area contributed by atoms with Crippen molar-refractivity contribution in [3.63, 3.8) is 0 Å². The topological polar surface area (TPSA) is 43.3 Å². The highest BCUT2D eigenvalue weighted by Crippen LogP contribution is 2.41. The Labute approximate surface area is 154 Å². The number of aliphatic imine (C=N–C) groups is 1. The highest BCUT2D eigenvalue weighted by atomic mass is 16.5. The molecule has 0 saturated carbocycles. The molecular weight excluding hydrogens is 328 g/mol. The molecule has 0 radical (unpaired) electrons. The highest BCUT2D eigenvalue weighted by molar-refractivity contribution is 5.86. The Morgan fingerprint density at radius 1 is 1.12 bits per heavy atom. The Morgan fingerprint density at radius 2 is 1.85 bits per heavy atom. The van der Waals surface area contributed by atoms with Gasteiger partial charge in [0.1, 0.15) is 12.8 Å². The van der Waals surface area contributed by atoms with Crippen molar-refractivity contribution in [2.45, 2.75) is 25.4 Å². The van der Waals surface area contributed by atoms with Gasteiger partial charge >= 0.3 is 0 Å². The Hall–Kier alpha value is -2.53. The summed E-state index contributed by atoms with van der Waals surface area (Å²) in [5.74, 6) is 2.31. The number of nitrogens with zero attached hydrogens (tertiary/aromatic N) is 2. The monoisotopic (exact) mass is 352 g/mol. The summed E-state index contributed by atoms with van der Waals surface area (Å²) in [6.45, 7) is 3.64. The van der Waals surface area contributed by atoms with E-state index in [0.29, 0.717) is 6.73 Å². The lowest BCUT2D eigenvalue weighted by molar-refractivity contribution is 0.165. The zero-order chi connectivity index (χ0) is 18.1. The molecule has 0 unspecified atom stereocenters. The summed E-state index contributed by atoms with van der Waals surface area (Å²) in [6, 6.07) is 14.6. The van der Waals surface area contributed by atoms with Crippen LogP contribution in [-0.2, 0) is 11.2 Å². The van der Waals surface area contributed by atoms with Crippen molar-refractivity contribution in [3.8, 4) is 11.5 Å². The van der Waals surface area contributed by atoms with Crippen molar-refractivity contribution in [2.24, 2.45) is 4.99 Å². The summed E-state index contributed by atoms with van der Waals surface area (Å²) in [6.07, 6.45) is 0.969. The number of ether oxygens (including phenoxy) is 3. The minimum absolute atomic E-state index is 0.0460. The van der Waals surface area contributed by atoms with Gasteiger partial charge in [-0.1, -0.05) is 30.3 Å². The van der Waals surface area contributed by atoms with E-state index in [1.165, 1.54) is 16.7 Å². The predicted octanol–water partition coefficient (Wildman–Crippen LogP) is 3.75. The van der Waals surface area contributed by atoms with Crippen molar-refractivity contribution in [1.82, 2.24) is 4.90 Å². The largest absolute Gasteiger partial charge is 0.493 e. The second kappa shape index (κ2) is 7.00. The Balaban J connectivity index is 1.71. The van der Waals surface area contributed by atoms with E-state index in [-0.39, 0.29) is 12.1 Å². The van der Waals surface area contributed by atoms with Crippen LogP contribution in [0.2, 0.25) is 0 Å². The van der Waals surface area contributed by atoms with E-state index in [4.69, 9.17) is 19.2 Å². The number of fused-ring (bicyclic) bond motifs is 3. The molecule has 0 N–H and O–H groups in total. The highest BCUT2D eigenvalue weighted by Gasteiger charge is 2.39. The molecule has 2 aliphatic heterocycles. The first-order valence-electron chi connectivity index (χ1n) is 8.95. The number of hydrogen-bond acceptors (Lipinski definition) is 5. The molecule has 2 atom stereocenters. The molecule has 26 heavy (non-hydrogen) atoms. The molecule has 0 spiro atoms. The number of rotatable bonds is 4. The minimum atomic E-state index is 0.0460. The van der Waals surface area contributed by atoms with Crippen LogP contribution in [0.4, 0.5) is 0 Å². The zero-order valence-corrected chi connectivity index (χ0v) is 15.4. The molecule has 1 saturated heterocycles. The fraction of sp³-hybridized carbons (Fsp3) is 0.381. The molecule has 5 heteroatoms. The molecule has 2 aromatic carbocycles. The molecule has 2 aromatic rings. The third-order valence-electron chi connectivity index (χ3n) is 5.19. The lowest BCUT2D eigenvalue weighted by Crippen LogP contribution is -2.33. The van der Waals surface area contributed by atoms with Crippen LogP contribution in [0.15, 0.2) is 47.5 Å². The lowest BCUT2D eigenvalue weighted by atomic mass is 9.92. The minimum Gasteiger partial charge on any atom is -0.493 e. The smallest absolute Gasteiger partial charge is 0.207 e. The molecule has 5 nitrogen and oxygen atoms in total. The van der Waals surface area contributed by atoms with Crippen molar-refractivity contribution < 1.29 is 14.2 Å². The van der Waals surface area contributed by atoms with Gasteiger partial charge < -0.3 is 14.2 Å². The van der Waals surface area contributed by atoms with Crippen molar-refractivity contribution in [3.05, 3.63) is 59.2 Å². The van der Waals surface area contributed by atoms with Gasteiger partial charge in [-0.05, 0) is 42.2 Å². The van der Waals surface area contributed by atoms with Gasteiger partial charge in [0.15, 0.2) is 11.5 Å². The maximum Gasteiger partial charge on any atom is 0.207 e. The third kappa shape index (κ3) is 2.92. The Kier molecular flexibility index (Phi) is 4.55. The van der Waals surface area contributed by atoms with Crippen LogP contribution in [0.25, 0.3) is 0 Å². The van der Waals surface area contributed by atoms with Crippen LogP contribution >= 0.6 is 0 Å². The van der Waals surface area contributed by atoms with Crippen LogP contribution in [0, 0.1) is 0 Å². The van der Waals surface area contributed by atoms with E-state index in [1.54, 1.807) is 14.2 Å². The van der Waals surface area contributed by atoms with Crippen LogP contribution in [0.3, 0.4) is 0 Å². The third-order valence-corrected chi connectivity index (χ3v) is 5.19. The fourth-order valence-corrected chi connectivity index (χ4v) is 3.76. The summed E-state index contributed by atoms with van der Waals surface area (Å²) < 4.78 is 17.0. The molecule has 1 fully saturated rings. The molecule has 136 valence electrons. The van der Waals surface area contributed by atoms with E-state index in [2.05, 4.69) is 36.1 Å².